The van der Waals surface area contributed by atoms with Crippen molar-refractivity contribution in [2.45, 2.75) is 70.0 Å². The van der Waals surface area contributed by atoms with Gasteiger partial charge in [0.2, 0.25) is 0 Å². The number of hydrogen-bond acceptors (Lipinski definition) is 4. The molecule has 0 aliphatic carbocycles. The van der Waals surface area contributed by atoms with Crippen LogP contribution in [0.15, 0.2) is 54.6 Å². The third-order valence-electron chi connectivity index (χ3n) is 5.79. The number of rotatable bonds is 7. The van der Waals surface area contributed by atoms with Crippen molar-refractivity contribution in [2.24, 2.45) is 0 Å². The van der Waals surface area contributed by atoms with E-state index in [1.807, 2.05) is 42.5 Å². The zero-order valence-corrected chi connectivity index (χ0v) is 19.1. The van der Waals surface area contributed by atoms with E-state index in [1.165, 1.54) is 0 Å². The summed E-state index contributed by atoms with van der Waals surface area (Å²) in [6, 6.07) is 17.0. The van der Waals surface area contributed by atoms with Crippen LogP contribution in [0.5, 0.6) is 0 Å². The second-order valence-corrected chi connectivity index (χ2v) is 9.47. The van der Waals surface area contributed by atoms with E-state index < -0.39 is 6.10 Å². The number of esters is 1. The molecule has 2 aromatic carbocycles. The molecular weight excluding hydrogens is 398 g/mol. The van der Waals surface area contributed by atoms with Crippen LogP contribution >= 0.6 is 11.6 Å². The van der Waals surface area contributed by atoms with Gasteiger partial charge in [-0.15, -0.1) is 11.6 Å². The molecule has 1 heterocycles. The lowest BCUT2D eigenvalue weighted by atomic mass is 9.82. The number of alkyl halides is 1. The third-order valence-corrected chi connectivity index (χ3v) is 6.10. The molecule has 162 valence electrons. The second-order valence-electron chi connectivity index (χ2n) is 9.21. The largest absolute Gasteiger partial charge is 0.459 e. The summed E-state index contributed by atoms with van der Waals surface area (Å²) in [7, 11) is 0. The van der Waals surface area contributed by atoms with Crippen LogP contribution in [0.25, 0.3) is 0 Å². The Balaban J connectivity index is 1.82. The zero-order valence-electron chi connectivity index (χ0n) is 18.4. The molecule has 1 fully saturated rings. The number of carbonyl (C=O) groups excluding carboxylic acids is 1. The molecule has 1 atom stereocenters. The molecule has 0 amide bonds. The number of piperidine rings is 1. The molecule has 2 aromatic rings. The van der Waals surface area contributed by atoms with Crippen LogP contribution in [-0.2, 0) is 15.5 Å². The molecule has 1 saturated heterocycles. The van der Waals surface area contributed by atoms with Gasteiger partial charge in [-0.2, -0.15) is 5.06 Å². The van der Waals surface area contributed by atoms with Crippen LogP contribution in [0.3, 0.4) is 0 Å². The topological polar surface area (TPSA) is 38.8 Å². The van der Waals surface area contributed by atoms with Crippen LogP contribution in [0.1, 0.15) is 74.5 Å². The average molecular weight is 430 g/mol. The van der Waals surface area contributed by atoms with Crippen molar-refractivity contribution in [2.75, 3.05) is 6.61 Å². The third kappa shape index (κ3) is 5.42. The average Bonchev–Trinajstić information content (AvgIpc) is 2.73. The van der Waals surface area contributed by atoms with Gasteiger partial charge in [-0.25, -0.2) is 4.79 Å². The minimum atomic E-state index is -0.404. The molecule has 0 aromatic heterocycles. The fraction of sp³-hybridized carbons (Fsp3) is 0.480. The van der Waals surface area contributed by atoms with Gasteiger partial charge >= 0.3 is 5.97 Å². The van der Waals surface area contributed by atoms with Crippen molar-refractivity contribution in [3.05, 3.63) is 71.3 Å². The van der Waals surface area contributed by atoms with Crippen molar-refractivity contribution in [3.63, 3.8) is 0 Å². The summed E-state index contributed by atoms with van der Waals surface area (Å²) >= 11 is 5.95. The summed E-state index contributed by atoms with van der Waals surface area (Å²) in [5.41, 5.74) is 2.31. The fourth-order valence-electron chi connectivity index (χ4n) is 4.21. The lowest BCUT2D eigenvalue weighted by molar-refractivity contribution is -0.311. The first-order valence-corrected chi connectivity index (χ1v) is 11.1. The predicted molar refractivity (Wildman–Crippen MR) is 120 cm³/mol. The van der Waals surface area contributed by atoms with Crippen molar-refractivity contribution in [1.82, 2.24) is 5.06 Å². The van der Waals surface area contributed by atoms with Gasteiger partial charge in [-0.05, 0) is 70.2 Å². The molecule has 0 bridgehead atoms. The number of hydrogen-bond donors (Lipinski definition) is 0. The number of nitrogens with zero attached hydrogens (tertiary/aromatic N) is 1. The van der Waals surface area contributed by atoms with Crippen LogP contribution in [0.2, 0.25) is 0 Å². The molecule has 1 aliphatic heterocycles. The zero-order chi connectivity index (χ0) is 21.8. The summed E-state index contributed by atoms with van der Waals surface area (Å²) in [5.74, 6) is 0.111. The van der Waals surface area contributed by atoms with Crippen LogP contribution in [0, 0.1) is 0 Å². The van der Waals surface area contributed by atoms with E-state index in [0.29, 0.717) is 11.4 Å². The summed E-state index contributed by atoms with van der Waals surface area (Å²) in [5, 5.41) is 2.11. The summed E-state index contributed by atoms with van der Waals surface area (Å²) in [6.07, 6.45) is 2.87. The van der Waals surface area contributed by atoms with E-state index in [2.05, 4.69) is 32.8 Å². The SMILES string of the molecule is CC1(C)CCCC(C)(C)N1OC(COC(=O)c1ccccc1)c1ccc(CCl)cc1. The van der Waals surface area contributed by atoms with E-state index in [-0.39, 0.29) is 23.7 Å². The molecule has 1 aliphatic rings. The quantitative estimate of drug-likeness (QED) is 0.382. The van der Waals surface area contributed by atoms with Gasteiger partial charge in [0.1, 0.15) is 12.7 Å². The van der Waals surface area contributed by atoms with Gasteiger partial charge in [0.05, 0.1) is 5.56 Å². The lowest BCUT2D eigenvalue weighted by Gasteiger charge is -2.52. The first kappa shape index (κ1) is 22.8. The summed E-state index contributed by atoms with van der Waals surface area (Å²) in [4.78, 5) is 19.1. The number of benzene rings is 2. The Hall–Kier alpha value is -1.88. The van der Waals surface area contributed by atoms with E-state index in [4.69, 9.17) is 21.2 Å². The molecule has 30 heavy (non-hydrogen) atoms. The maximum Gasteiger partial charge on any atom is 0.338 e. The smallest absolute Gasteiger partial charge is 0.338 e. The van der Waals surface area contributed by atoms with Gasteiger partial charge in [-0.1, -0.05) is 42.5 Å². The summed E-state index contributed by atoms with van der Waals surface area (Å²) < 4.78 is 5.66. The molecule has 3 rings (SSSR count). The molecule has 1 unspecified atom stereocenters. The molecule has 0 saturated carbocycles. The first-order valence-electron chi connectivity index (χ1n) is 10.6. The van der Waals surface area contributed by atoms with Crippen molar-refractivity contribution in [3.8, 4) is 0 Å². The van der Waals surface area contributed by atoms with Gasteiger partial charge in [0.15, 0.2) is 0 Å². The predicted octanol–water partition coefficient (Wildman–Crippen LogP) is 6.30. The minimum Gasteiger partial charge on any atom is -0.459 e. The number of ether oxygens (including phenoxy) is 1. The summed E-state index contributed by atoms with van der Waals surface area (Å²) in [6.45, 7) is 8.96. The Bertz CT molecular complexity index is 817. The molecule has 0 N–H and O–H groups in total. The van der Waals surface area contributed by atoms with Crippen LogP contribution in [0.4, 0.5) is 0 Å². The molecule has 4 nitrogen and oxygen atoms in total. The highest BCUT2D eigenvalue weighted by Crippen LogP contribution is 2.40. The molecular formula is C25H32ClNO3. The van der Waals surface area contributed by atoms with E-state index >= 15 is 0 Å². The lowest BCUT2D eigenvalue weighted by Crippen LogP contribution is -2.58. The Morgan fingerprint density at radius 2 is 1.60 bits per heavy atom. The maximum absolute atomic E-state index is 12.5. The van der Waals surface area contributed by atoms with E-state index in [0.717, 1.165) is 30.4 Å². The monoisotopic (exact) mass is 429 g/mol. The molecule has 5 heteroatoms. The number of hydroxylamine groups is 2. The molecule has 0 spiro atoms. The van der Waals surface area contributed by atoms with Crippen LogP contribution < -0.4 is 0 Å². The Kier molecular flexibility index (Phi) is 7.22. The number of halogens is 1. The molecule has 0 radical (unpaired) electrons. The fourth-order valence-corrected chi connectivity index (χ4v) is 4.38. The van der Waals surface area contributed by atoms with Gasteiger partial charge in [0.25, 0.3) is 0 Å². The van der Waals surface area contributed by atoms with Gasteiger partial charge < -0.3 is 4.74 Å². The maximum atomic E-state index is 12.5. The van der Waals surface area contributed by atoms with Crippen molar-refractivity contribution >= 4 is 17.6 Å². The Labute approximate surface area is 185 Å². The van der Waals surface area contributed by atoms with E-state index in [1.54, 1.807) is 12.1 Å². The highest BCUT2D eigenvalue weighted by Gasteiger charge is 2.44. The van der Waals surface area contributed by atoms with Gasteiger partial charge in [0, 0.05) is 17.0 Å². The standard InChI is InChI=1S/C25H32ClNO3/c1-24(2)15-8-16-25(3,4)27(24)30-22(20-13-11-19(17-26)12-14-20)18-29-23(28)21-9-6-5-7-10-21/h5-7,9-14,22H,8,15-18H2,1-4H3. The minimum absolute atomic E-state index is 0.112. The second kappa shape index (κ2) is 9.51. The van der Waals surface area contributed by atoms with Crippen LogP contribution in [-0.4, -0.2) is 28.7 Å². The Morgan fingerprint density at radius 1 is 1.00 bits per heavy atom. The first-order chi connectivity index (χ1) is 14.2. The highest BCUT2D eigenvalue weighted by molar-refractivity contribution is 6.17. The van der Waals surface area contributed by atoms with E-state index in [9.17, 15) is 4.79 Å². The van der Waals surface area contributed by atoms with Crippen molar-refractivity contribution in [1.29, 1.82) is 0 Å². The van der Waals surface area contributed by atoms with Gasteiger partial charge in [-0.3, -0.25) is 4.84 Å². The Morgan fingerprint density at radius 3 is 2.17 bits per heavy atom. The highest BCUT2D eigenvalue weighted by atomic mass is 35.5. The number of carbonyl (C=O) groups is 1. The van der Waals surface area contributed by atoms with Crippen molar-refractivity contribution < 1.29 is 14.4 Å². The normalized spacial score (nSPS) is 19.2.